The third kappa shape index (κ3) is 3.96. The molecule has 0 spiro atoms. The van der Waals surface area contributed by atoms with Crippen LogP contribution in [0.1, 0.15) is 33.2 Å². The monoisotopic (exact) mass is 388 g/mol. The number of nitrogens with zero attached hydrogens (tertiary/aromatic N) is 1. The first-order chi connectivity index (χ1) is 14.1. The molecule has 1 amide bonds. The van der Waals surface area contributed by atoms with Crippen LogP contribution in [0.25, 0.3) is 11.1 Å². The van der Waals surface area contributed by atoms with Gasteiger partial charge in [-0.3, -0.25) is 0 Å². The lowest BCUT2D eigenvalue weighted by Gasteiger charge is -2.14. The van der Waals surface area contributed by atoms with Crippen molar-refractivity contribution in [1.82, 2.24) is 10.3 Å². The van der Waals surface area contributed by atoms with E-state index in [0.29, 0.717) is 18.7 Å². The predicted octanol–water partition coefficient (Wildman–Crippen LogP) is 3.86. The summed E-state index contributed by atoms with van der Waals surface area (Å²) < 4.78 is 5.47. The maximum Gasteiger partial charge on any atom is 0.407 e. The molecular formula is C23H20N2O4. The molecule has 4 rings (SSSR count). The number of carboxylic acid groups (broad SMARTS) is 1. The first kappa shape index (κ1) is 18.7. The minimum Gasteiger partial charge on any atom is -0.477 e. The zero-order chi connectivity index (χ0) is 20.2. The van der Waals surface area contributed by atoms with Gasteiger partial charge in [-0.05, 0) is 34.4 Å². The van der Waals surface area contributed by atoms with Gasteiger partial charge in [0.25, 0.3) is 0 Å². The molecule has 0 atom stereocenters. The maximum atomic E-state index is 12.1. The number of carbonyl (C=O) groups excluding carboxylic acids is 1. The second-order valence-electron chi connectivity index (χ2n) is 6.82. The molecule has 6 nitrogen and oxygen atoms in total. The Hall–Kier alpha value is -3.67. The molecule has 0 saturated carbocycles. The van der Waals surface area contributed by atoms with E-state index in [1.165, 1.54) is 17.2 Å². The molecule has 0 aliphatic heterocycles. The van der Waals surface area contributed by atoms with E-state index in [1.807, 2.05) is 24.3 Å². The van der Waals surface area contributed by atoms with E-state index < -0.39 is 12.1 Å². The molecular weight excluding hydrogens is 368 g/mol. The molecule has 0 bridgehead atoms. The number of pyridine rings is 1. The zero-order valence-electron chi connectivity index (χ0n) is 15.7. The van der Waals surface area contributed by atoms with Gasteiger partial charge in [-0.1, -0.05) is 54.6 Å². The lowest BCUT2D eigenvalue weighted by Crippen LogP contribution is -2.28. The summed E-state index contributed by atoms with van der Waals surface area (Å²) in [7, 11) is 0. The summed E-state index contributed by atoms with van der Waals surface area (Å²) in [5.41, 5.74) is 5.28. The Morgan fingerprint density at radius 3 is 2.24 bits per heavy atom. The van der Waals surface area contributed by atoms with Crippen LogP contribution in [0.5, 0.6) is 0 Å². The van der Waals surface area contributed by atoms with Gasteiger partial charge in [0.15, 0.2) is 0 Å². The lowest BCUT2D eigenvalue weighted by atomic mass is 9.98. The van der Waals surface area contributed by atoms with Crippen LogP contribution in [-0.4, -0.2) is 35.3 Å². The topological polar surface area (TPSA) is 88.5 Å². The number of rotatable bonds is 6. The molecule has 2 N–H and O–H groups in total. The Bertz CT molecular complexity index is 1020. The van der Waals surface area contributed by atoms with Crippen molar-refractivity contribution in [2.24, 2.45) is 0 Å². The number of fused-ring (bicyclic) bond motifs is 3. The molecule has 0 fully saturated rings. The fourth-order valence-electron chi connectivity index (χ4n) is 3.68. The average molecular weight is 388 g/mol. The van der Waals surface area contributed by atoms with Crippen molar-refractivity contribution in [3.63, 3.8) is 0 Å². The van der Waals surface area contributed by atoms with Crippen LogP contribution in [0.4, 0.5) is 4.79 Å². The number of hydrogen-bond acceptors (Lipinski definition) is 4. The quantitative estimate of drug-likeness (QED) is 0.669. The summed E-state index contributed by atoms with van der Waals surface area (Å²) in [6, 6.07) is 21.1. The van der Waals surface area contributed by atoms with E-state index in [-0.39, 0.29) is 18.2 Å². The van der Waals surface area contributed by atoms with Crippen LogP contribution in [0.2, 0.25) is 0 Å². The molecule has 1 aliphatic rings. The fraction of sp³-hybridized carbons (Fsp3) is 0.174. The summed E-state index contributed by atoms with van der Waals surface area (Å²) in [5.74, 6) is -1.06. The number of carbonyl (C=O) groups is 2. The Labute approximate surface area is 168 Å². The molecule has 3 aromatic rings. The van der Waals surface area contributed by atoms with E-state index in [0.717, 1.165) is 11.1 Å². The van der Waals surface area contributed by atoms with Crippen LogP contribution in [0, 0.1) is 0 Å². The van der Waals surface area contributed by atoms with Crippen molar-refractivity contribution in [1.29, 1.82) is 0 Å². The van der Waals surface area contributed by atoms with E-state index in [2.05, 4.69) is 34.6 Å². The highest BCUT2D eigenvalue weighted by Gasteiger charge is 2.28. The minimum absolute atomic E-state index is 0.0105. The summed E-state index contributed by atoms with van der Waals surface area (Å²) in [4.78, 5) is 27.1. The Balaban J connectivity index is 1.33. The number of benzene rings is 2. The molecule has 1 aromatic heterocycles. The molecule has 0 saturated heterocycles. The van der Waals surface area contributed by atoms with E-state index in [4.69, 9.17) is 9.84 Å². The van der Waals surface area contributed by atoms with E-state index >= 15 is 0 Å². The van der Waals surface area contributed by atoms with Crippen molar-refractivity contribution < 1.29 is 19.4 Å². The molecule has 0 unspecified atom stereocenters. The summed E-state index contributed by atoms with van der Waals surface area (Å²) >= 11 is 0. The molecule has 1 aliphatic carbocycles. The van der Waals surface area contributed by atoms with Crippen molar-refractivity contribution in [2.45, 2.75) is 12.3 Å². The summed E-state index contributed by atoms with van der Waals surface area (Å²) in [6.45, 7) is 0.569. The van der Waals surface area contributed by atoms with Gasteiger partial charge < -0.3 is 15.2 Å². The molecule has 1 heterocycles. The third-order valence-corrected chi connectivity index (χ3v) is 5.02. The Morgan fingerprint density at radius 1 is 0.931 bits per heavy atom. The normalized spacial score (nSPS) is 12.1. The highest BCUT2D eigenvalue weighted by Crippen LogP contribution is 2.44. The van der Waals surface area contributed by atoms with Gasteiger partial charge in [-0.25, -0.2) is 14.6 Å². The standard InChI is InChI=1S/C23H20N2O4/c26-22(27)21-11-5-6-15(25-21)12-13-24-23(28)29-14-20-18-9-3-1-7-16(18)17-8-2-4-10-19(17)20/h1-11,20H,12-14H2,(H,24,28)(H,26,27). The molecule has 0 radical (unpaired) electrons. The minimum atomic E-state index is -1.07. The van der Waals surface area contributed by atoms with Gasteiger partial charge in [0, 0.05) is 24.6 Å². The van der Waals surface area contributed by atoms with Crippen molar-refractivity contribution in [3.05, 3.63) is 89.2 Å². The number of alkyl carbamates (subject to hydrolysis) is 1. The number of amides is 1. The first-order valence-electron chi connectivity index (χ1n) is 9.41. The molecule has 6 heteroatoms. The lowest BCUT2D eigenvalue weighted by molar-refractivity contribution is 0.0690. The highest BCUT2D eigenvalue weighted by molar-refractivity contribution is 5.85. The molecule has 2 aromatic carbocycles. The Morgan fingerprint density at radius 2 is 1.59 bits per heavy atom. The van der Waals surface area contributed by atoms with E-state index in [1.54, 1.807) is 12.1 Å². The first-order valence-corrected chi connectivity index (χ1v) is 9.41. The highest BCUT2D eigenvalue weighted by atomic mass is 16.5. The summed E-state index contributed by atoms with van der Waals surface area (Å²) in [6.07, 6.45) is -0.0769. The fourth-order valence-corrected chi connectivity index (χ4v) is 3.68. The van der Waals surface area contributed by atoms with Crippen molar-refractivity contribution in [2.75, 3.05) is 13.2 Å². The van der Waals surface area contributed by atoms with Crippen molar-refractivity contribution in [3.8, 4) is 11.1 Å². The van der Waals surface area contributed by atoms with Gasteiger partial charge in [0.2, 0.25) is 0 Å². The van der Waals surface area contributed by atoms with Crippen LogP contribution >= 0.6 is 0 Å². The predicted molar refractivity (Wildman–Crippen MR) is 108 cm³/mol. The average Bonchev–Trinajstić information content (AvgIpc) is 3.06. The number of aromatic nitrogens is 1. The van der Waals surface area contributed by atoms with Gasteiger partial charge in [-0.2, -0.15) is 0 Å². The third-order valence-electron chi connectivity index (χ3n) is 5.02. The number of hydrogen-bond donors (Lipinski definition) is 2. The van der Waals surface area contributed by atoms with Gasteiger partial charge in [0.1, 0.15) is 12.3 Å². The number of ether oxygens (including phenoxy) is 1. The van der Waals surface area contributed by atoms with Gasteiger partial charge in [0.05, 0.1) is 0 Å². The van der Waals surface area contributed by atoms with E-state index in [9.17, 15) is 9.59 Å². The SMILES string of the molecule is O=C(NCCc1cccc(C(=O)O)n1)OCC1c2ccccc2-c2ccccc21. The van der Waals surface area contributed by atoms with Gasteiger partial charge in [-0.15, -0.1) is 0 Å². The smallest absolute Gasteiger partial charge is 0.407 e. The number of nitrogens with one attached hydrogen (secondary N) is 1. The number of aromatic carboxylic acids is 1. The van der Waals surface area contributed by atoms with Crippen LogP contribution in [-0.2, 0) is 11.2 Å². The largest absolute Gasteiger partial charge is 0.477 e. The second kappa shape index (κ2) is 8.14. The van der Waals surface area contributed by atoms with Crippen LogP contribution in [0.3, 0.4) is 0 Å². The Kier molecular flexibility index (Phi) is 5.24. The second-order valence-corrected chi connectivity index (χ2v) is 6.82. The van der Waals surface area contributed by atoms with Crippen molar-refractivity contribution >= 4 is 12.1 Å². The molecule has 29 heavy (non-hydrogen) atoms. The molecule has 146 valence electrons. The van der Waals surface area contributed by atoms with Crippen LogP contribution in [0.15, 0.2) is 66.7 Å². The number of carboxylic acids is 1. The van der Waals surface area contributed by atoms with Gasteiger partial charge >= 0.3 is 12.1 Å². The maximum absolute atomic E-state index is 12.1. The summed E-state index contributed by atoms with van der Waals surface area (Å²) in [5, 5.41) is 11.7. The zero-order valence-corrected chi connectivity index (χ0v) is 15.7. The van der Waals surface area contributed by atoms with Crippen LogP contribution < -0.4 is 5.32 Å².